The number of rotatable bonds is 3. The second-order valence-corrected chi connectivity index (χ2v) is 8.55. The van der Waals surface area contributed by atoms with Gasteiger partial charge in [0.2, 0.25) is 0 Å². The monoisotopic (exact) mass is 372 g/mol. The predicted molar refractivity (Wildman–Crippen MR) is 101 cm³/mol. The van der Waals surface area contributed by atoms with Crippen molar-refractivity contribution in [2.45, 2.75) is 44.6 Å². The van der Waals surface area contributed by atoms with E-state index in [2.05, 4.69) is 30.1 Å². The molecule has 0 amide bonds. The molecule has 5 heterocycles. The lowest BCUT2D eigenvalue weighted by molar-refractivity contribution is -0.959. The number of nitrogens with zero attached hydrogens (tertiary/aromatic N) is 2. The second-order valence-electron chi connectivity index (χ2n) is 8.55. The van der Waals surface area contributed by atoms with Crippen LogP contribution < -0.4 is 17.1 Å². The van der Waals surface area contributed by atoms with Gasteiger partial charge in [0.15, 0.2) is 0 Å². The molecule has 1 aromatic carbocycles. The van der Waals surface area contributed by atoms with Crippen molar-refractivity contribution in [3.05, 3.63) is 36.0 Å². The fourth-order valence-electron chi connectivity index (χ4n) is 6.44. The Labute approximate surface area is 162 Å². The number of methoxy groups -OCH3 is 1. The Balaban J connectivity index is 0.00000168. The molecule has 4 aliphatic rings. The summed E-state index contributed by atoms with van der Waals surface area (Å²) in [5.74, 6) is 3.58. The first-order valence-electron chi connectivity index (χ1n) is 10.0. The molecule has 6 rings (SSSR count). The second kappa shape index (κ2) is 6.69. The Kier molecular flexibility index (Phi) is 4.65. The average Bonchev–Trinajstić information content (AvgIpc) is 3.05. The van der Waals surface area contributed by atoms with Gasteiger partial charge >= 0.3 is 0 Å². The van der Waals surface area contributed by atoms with Crippen LogP contribution in [0.2, 0.25) is 0 Å². The number of quaternary nitrogens is 1. The summed E-state index contributed by atoms with van der Waals surface area (Å²) < 4.78 is 6.90. The van der Waals surface area contributed by atoms with Gasteiger partial charge in [0, 0.05) is 42.7 Å². The molecule has 2 bridgehead atoms. The summed E-state index contributed by atoms with van der Waals surface area (Å²) in [4.78, 5) is 4.60. The van der Waals surface area contributed by atoms with Crippen LogP contribution >= 0.6 is 0 Å². The molecule has 4 aliphatic heterocycles. The van der Waals surface area contributed by atoms with Gasteiger partial charge in [-0.15, -0.1) is 0 Å². The molecule has 1 spiro atoms. The van der Waals surface area contributed by atoms with Gasteiger partial charge in [0.05, 0.1) is 38.3 Å². The molecule has 0 unspecified atom stereocenters. The third-order valence-electron chi connectivity index (χ3n) is 7.71. The normalized spacial score (nSPS) is 35.2. The topological polar surface area (TPSA) is 22.1 Å². The molecule has 4 fully saturated rings. The van der Waals surface area contributed by atoms with E-state index >= 15 is 0 Å². The van der Waals surface area contributed by atoms with Crippen molar-refractivity contribution < 1.29 is 21.6 Å². The van der Waals surface area contributed by atoms with Crippen LogP contribution in [-0.2, 0) is 0 Å². The number of ether oxygens (including phenoxy) is 1. The fourth-order valence-corrected chi connectivity index (χ4v) is 6.44. The average molecular weight is 373 g/mol. The maximum Gasteiger partial charge on any atom is 0.119 e. The first kappa shape index (κ1) is 18.1. The van der Waals surface area contributed by atoms with Gasteiger partial charge < -0.3 is 21.6 Å². The summed E-state index contributed by atoms with van der Waals surface area (Å²) in [5, 5.41) is 1.31. The fraction of sp³-hybridized carbons (Fsp3) is 0.591. The van der Waals surface area contributed by atoms with E-state index in [-0.39, 0.29) is 12.4 Å². The molecular weight excluding hydrogens is 344 g/mol. The van der Waals surface area contributed by atoms with E-state index in [0.717, 1.165) is 29.1 Å². The Hall–Kier alpha value is -1.32. The zero-order valence-corrected chi connectivity index (χ0v) is 16.6. The van der Waals surface area contributed by atoms with Gasteiger partial charge in [-0.2, -0.15) is 0 Å². The minimum absolute atomic E-state index is 0. The maximum atomic E-state index is 5.49. The first-order chi connectivity index (χ1) is 12.2. The molecule has 140 valence electrons. The maximum absolute atomic E-state index is 5.49. The van der Waals surface area contributed by atoms with E-state index in [4.69, 9.17) is 4.74 Å². The van der Waals surface area contributed by atoms with Crippen LogP contribution in [0.15, 0.2) is 30.5 Å². The zero-order valence-electron chi connectivity index (χ0n) is 15.8. The summed E-state index contributed by atoms with van der Waals surface area (Å²) in [5.41, 5.74) is 2.63. The van der Waals surface area contributed by atoms with Crippen molar-refractivity contribution >= 4 is 10.9 Å². The van der Waals surface area contributed by atoms with Crippen molar-refractivity contribution in [3.8, 4) is 5.75 Å². The van der Waals surface area contributed by atoms with Crippen LogP contribution in [0.25, 0.3) is 10.9 Å². The molecule has 4 saturated heterocycles. The van der Waals surface area contributed by atoms with Crippen LogP contribution in [0.3, 0.4) is 0 Å². The third-order valence-corrected chi connectivity index (χ3v) is 7.71. The highest BCUT2D eigenvalue weighted by Crippen LogP contribution is 2.53. The highest BCUT2D eigenvalue weighted by atomic mass is 35.5. The molecule has 0 N–H and O–H groups in total. The number of benzene rings is 1. The molecule has 3 nitrogen and oxygen atoms in total. The van der Waals surface area contributed by atoms with E-state index in [1.54, 1.807) is 7.11 Å². The van der Waals surface area contributed by atoms with Crippen molar-refractivity contribution in [2.24, 2.45) is 11.8 Å². The number of hydrogen-bond acceptors (Lipinski definition) is 2. The molecule has 0 aliphatic carbocycles. The van der Waals surface area contributed by atoms with Crippen LogP contribution in [0.1, 0.15) is 44.1 Å². The summed E-state index contributed by atoms with van der Waals surface area (Å²) >= 11 is 0. The number of aromatic nitrogens is 1. The summed E-state index contributed by atoms with van der Waals surface area (Å²) in [6, 6.07) is 9.45. The van der Waals surface area contributed by atoms with Crippen molar-refractivity contribution in [2.75, 3.05) is 26.7 Å². The number of pyridine rings is 1. The highest BCUT2D eigenvalue weighted by Gasteiger charge is 2.57. The van der Waals surface area contributed by atoms with Crippen molar-refractivity contribution in [1.82, 2.24) is 4.98 Å². The molecular formula is C22H29ClN2O. The van der Waals surface area contributed by atoms with Gasteiger partial charge in [-0.25, -0.2) is 0 Å². The molecule has 0 saturated carbocycles. The van der Waals surface area contributed by atoms with E-state index in [1.807, 2.05) is 12.3 Å². The lowest BCUT2D eigenvalue weighted by Crippen LogP contribution is -3.00. The number of fused-ring (bicyclic) bond motifs is 3. The van der Waals surface area contributed by atoms with E-state index in [9.17, 15) is 0 Å². The van der Waals surface area contributed by atoms with E-state index in [1.165, 1.54) is 60.8 Å². The Morgan fingerprint density at radius 2 is 2.04 bits per heavy atom. The molecule has 0 radical (unpaired) electrons. The van der Waals surface area contributed by atoms with Gasteiger partial charge in [-0.3, -0.25) is 4.98 Å². The molecule has 4 heteroatoms. The minimum Gasteiger partial charge on any atom is -1.00 e. The minimum atomic E-state index is 0. The lowest BCUT2D eigenvalue weighted by Gasteiger charge is -2.55. The smallest absolute Gasteiger partial charge is 0.119 e. The largest absolute Gasteiger partial charge is 1.00 e. The Morgan fingerprint density at radius 3 is 2.85 bits per heavy atom. The van der Waals surface area contributed by atoms with Crippen molar-refractivity contribution in [1.29, 1.82) is 0 Å². The molecule has 2 aromatic rings. The van der Waals surface area contributed by atoms with Gasteiger partial charge in [-0.05, 0) is 42.2 Å². The summed E-state index contributed by atoms with van der Waals surface area (Å²) in [6.45, 7) is 6.64. The summed E-state index contributed by atoms with van der Waals surface area (Å²) in [6.07, 6.45) is 7.63. The van der Waals surface area contributed by atoms with Crippen LogP contribution in [-0.4, -0.2) is 42.3 Å². The van der Waals surface area contributed by atoms with Crippen molar-refractivity contribution in [3.63, 3.8) is 0 Å². The standard InChI is InChI=1S/C22H29N2O.ClH/c1-3-15-14-24-10-7-16(15)12-22(24)19(8-11-24)18-6-9-23-21-5-4-17(25-2)13-20(18)21;/h4-6,9,13,15-16,19,22H,3,7-8,10-12,14H2,1-2H3;1H/q+1;/p-1/t15-,16-,19-,22-,24+;/m0./s1. The zero-order chi connectivity index (χ0) is 17.0. The SMILES string of the molecule is CC[C@H]1C[N@+]23CC[C@H]1C[C@H]2[C@H](c1ccnc2ccc(OC)cc12)CC3.[Cl-]. The van der Waals surface area contributed by atoms with Gasteiger partial charge in [0.1, 0.15) is 5.75 Å². The van der Waals surface area contributed by atoms with Gasteiger partial charge in [-0.1, -0.05) is 6.92 Å². The van der Waals surface area contributed by atoms with Crippen LogP contribution in [0, 0.1) is 11.8 Å². The lowest BCUT2D eigenvalue weighted by atomic mass is 9.70. The van der Waals surface area contributed by atoms with Gasteiger partial charge in [0.25, 0.3) is 0 Å². The molecule has 26 heavy (non-hydrogen) atoms. The van der Waals surface area contributed by atoms with Crippen LogP contribution in [0.5, 0.6) is 5.75 Å². The quantitative estimate of drug-likeness (QED) is 0.759. The Bertz CT molecular complexity index is 810. The van der Waals surface area contributed by atoms with Crippen LogP contribution in [0.4, 0.5) is 0 Å². The molecule has 5 atom stereocenters. The number of piperidine rings is 3. The third kappa shape index (κ3) is 2.55. The summed E-state index contributed by atoms with van der Waals surface area (Å²) in [7, 11) is 1.75. The van der Waals surface area contributed by atoms with E-state index < -0.39 is 0 Å². The number of halogens is 1. The Morgan fingerprint density at radius 1 is 1.19 bits per heavy atom. The highest BCUT2D eigenvalue weighted by molar-refractivity contribution is 5.84. The number of hydrogen-bond donors (Lipinski definition) is 0. The first-order valence-corrected chi connectivity index (χ1v) is 10.0. The predicted octanol–water partition coefficient (Wildman–Crippen LogP) is 1.37. The van der Waals surface area contributed by atoms with E-state index in [0.29, 0.717) is 5.92 Å². The molecule has 1 aromatic heterocycles.